The summed E-state index contributed by atoms with van der Waals surface area (Å²) in [5.74, 6) is -0.332. The van der Waals surface area contributed by atoms with Crippen LogP contribution < -0.4 is 4.72 Å². The number of nitrogens with zero attached hydrogens (tertiary/aromatic N) is 2. The van der Waals surface area contributed by atoms with E-state index >= 15 is 0 Å². The van der Waals surface area contributed by atoms with Crippen LogP contribution in [0.5, 0.6) is 0 Å². The van der Waals surface area contributed by atoms with Gasteiger partial charge in [0, 0.05) is 31.0 Å². The standard InChI is InChI=1S/C15H16ClN3O3S/c1-10-4-6-12(9-17-10)23(21,22)18-14-8-11(16)5-7-13(14)15(20)19(2)3/h4-9,18H,1-3H3. The number of sulfonamides is 1. The molecule has 0 unspecified atom stereocenters. The first-order chi connectivity index (χ1) is 10.7. The zero-order valence-electron chi connectivity index (χ0n) is 12.9. The first kappa shape index (κ1) is 17.2. The lowest BCUT2D eigenvalue weighted by Gasteiger charge is -2.16. The van der Waals surface area contributed by atoms with E-state index in [9.17, 15) is 13.2 Å². The summed E-state index contributed by atoms with van der Waals surface area (Å²) >= 11 is 5.92. The quantitative estimate of drug-likeness (QED) is 0.916. The SMILES string of the molecule is Cc1ccc(S(=O)(=O)Nc2cc(Cl)ccc2C(=O)N(C)C)cn1. The third kappa shape index (κ3) is 4.00. The van der Waals surface area contributed by atoms with Crippen molar-refractivity contribution < 1.29 is 13.2 Å². The number of carbonyl (C=O) groups excluding carboxylic acids is 1. The Morgan fingerprint density at radius 1 is 1.22 bits per heavy atom. The van der Waals surface area contributed by atoms with Crippen LogP contribution >= 0.6 is 11.6 Å². The van der Waals surface area contributed by atoms with E-state index in [1.54, 1.807) is 27.1 Å². The van der Waals surface area contributed by atoms with Gasteiger partial charge in [0.2, 0.25) is 0 Å². The Bertz CT molecular complexity index is 834. The van der Waals surface area contributed by atoms with E-state index in [0.29, 0.717) is 10.7 Å². The number of carbonyl (C=O) groups is 1. The van der Waals surface area contributed by atoms with Crippen molar-refractivity contribution >= 4 is 33.2 Å². The Labute approximate surface area is 140 Å². The third-order valence-electron chi connectivity index (χ3n) is 3.06. The van der Waals surface area contributed by atoms with E-state index in [0.717, 1.165) is 0 Å². The van der Waals surface area contributed by atoms with Crippen molar-refractivity contribution in [3.63, 3.8) is 0 Å². The zero-order chi connectivity index (χ0) is 17.2. The fourth-order valence-electron chi connectivity index (χ4n) is 1.85. The molecule has 0 aliphatic rings. The Morgan fingerprint density at radius 2 is 1.91 bits per heavy atom. The molecule has 0 radical (unpaired) electrons. The fraction of sp³-hybridized carbons (Fsp3) is 0.200. The normalized spacial score (nSPS) is 11.1. The number of hydrogen-bond donors (Lipinski definition) is 1. The average molecular weight is 354 g/mol. The highest BCUT2D eigenvalue weighted by atomic mass is 35.5. The van der Waals surface area contributed by atoms with Crippen LogP contribution in [0.15, 0.2) is 41.4 Å². The van der Waals surface area contributed by atoms with Crippen molar-refractivity contribution in [3.8, 4) is 0 Å². The smallest absolute Gasteiger partial charge is 0.263 e. The number of amides is 1. The summed E-state index contributed by atoms with van der Waals surface area (Å²) in [7, 11) is -0.706. The van der Waals surface area contributed by atoms with Crippen molar-refractivity contribution in [2.45, 2.75) is 11.8 Å². The van der Waals surface area contributed by atoms with E-state index in [2.05, 4.69) is 9.71 Å². The van der Waals surface area contributed by atoms with Crippen LogP contribution in [0.2, 0.25) is 5.02 Å². The van der Waals surface area contributed by atoms with Crippen LogP contribution in [0.4, 0.5) is 5.69 Å². The lowest BCUT2D eigenvalue weighted by Crippen LogP contribution is -2.24. The summed E-state index contributed by atoms with van der Waals surface area (Å²) < 4.78 is 27.3. The molecule has 0 spiro atoms. The number of rotatable bonds is 4. The highest BCUT2D eigenvalue weighted by Gasteiger charge is 2.20. The number of aromatic nitrogens is 1. The first-order valence-corrected chi connectivity index (χ1v) is 8.53. The summed E-state index contributed by atoms with van der Waals surface area (Å²) in [6, 6.07) is 7.46. The highest BCUT2D eigenvalue weighted by Crippen LogP contribution is 2.25. The second-order valence-corrected chi connectivity index (χ2v) is 7.25. The minimum atomic E-state index is -3.87. The van der Waals surface area contributed by atoms with Crippen LogP contribution in [-0.2, 0) is 10.0 Å². The van der Waals surface area contributed by atoms with Crippen LogP contribution in [0.3, 0.4) is 0 Å². The van der Waals surface area contributed by atoms with Gasteiger partial charge in [-0.25, -0.2) is 8.42 Å². The second-order valence-electron chi connectivity index (χ2n) is 5.13. The van der Waals surface area contributed by atoms with Gasteiger partial charge in [-0.2, -0.15) is 0 Å². The molecule has 1 aromatic heterocycles. The number of anilines is 1. The number of halogens is 1. The molecule has 0 saturated carbocycles. The summed E-state index contributed by atoms with van der Waals surface area (Å²) in [6.07, 6.45) is 1.26. The number of nitrogens with one attached hydrogen (secondary N) is 1. The molecule has 1 aromatic carbocycles. The third-order valence-corrected chi connectivity index (χ3v) is 4.64. The molecule has 1 heterocycles. The monoisotopic (exact) mass is 353 g/mol. The van der Waals surface area contributed by atoms with E-state index in [1.807, 2.05) is 0 Å². The van der Waals surface area contributed by atoms with Crippen LogP contribution in [-0.4, -0.2) is 38.3 Å². The molecule has 0 saturated heterocycles. The predicted octanol–water partition coefficient (Wildman–Crippen LogP) is 2.55. The maximum Gasteiger partial charge on any atom is 0.263 e. The molecule has 0 atom stereocenters. The molecule has 2 rings (SSSR count). The van der Waals surface area contributed by atoms with Crippen molar-refractivity contribution in [2.75, 3.05) is 18.8 Å². The van der Waals surface area contributed by atoms with Gasteiger partial charge in [0.25, 0.3) is 15.9 Å². The lowest BCUT2D eigenvalue weighted by molar-refractivity contribution is 0.0828. The molecular weight excluding hydrogens is 338 g/mol. The predicted molar refractivity (Wildman–Crippen MR) is 89.3 cm³/mol. The number of pyridine rings is 1. The molecular formula is C15H16ClN3O3S. The lowest BCUT2D eigenvalue weighted by atomic mass is 10.1. The van der Waals surface area contributed by atoms with Gasteiger partial charge in [0.05, 0.1) is 11.3 Å². The van der Waals surface area contributed by atoms with Gasteiger partial charge >= 0.3 is 0 Å². The molecule has 0 fully saturated rings. The van der Waals surface area contributed by atoms with Crippen molar-refractivity contribution in [1.29, 1.82) is 0 Å². The zero-order valence-corrected chi connectivity index (χ0v) is 14.4. The van der Waals surface area contributed by atoms with Gasteiger partial charge in [0.15, 0.2) is 0 Å². The van der Waals surface area contributed by atoms with E-state index in [4.69, 9.17) is 11.6 Å². The van der Waals surface area contributed by atoms with Gasteiger partial charge in [0.1, 0.15) is 4.90 Å². The number of aryl methyl sites for hydroxylation is 1. The first-order valence-electron chi connectivity index (χ1n) is 6.67. The van der Waals surface area contributed by atoms with Gasteiger partial charge in [-0.1, -0.05) is 11.6 Å². The second kappa shape index (κ2) is 6.55. The van der Waals surface area contributed by atoms with Crippen LogP contribution in [0.1, 0.15) is 16.1 Å². The largest absolute Gasteiger partial charge is 0.345 e. The van der Waals surface area contributed by atoms with E-state index in [1.165, 1.54) is 35.4 Å². The minimum Gasteiger partial charge on any atom is -0.345 e. The van der Waals surface area contributed by atoms with Crippen molar-refractivity contribution in [3.05, 3.63) is 52.8 Å². The maximum atomic E-state index is 12.4. The summed E-state index contributed by atoms with van der Waals surface area (Å²) in [5.41, 5.74) is 1.04. The van der Waals surface area contributed by atoms with Crippen LogP contribution in [0, 0.1) is 6.92 Å². The molecule has 1 N–H and O–H groups in total. The van der Waals surface area contributed by atoms with Gasteiger partial charge in [-0.15, -0.1) is 0 Å². The number of benzene rings is 1. The van der Waals surface area contributed by atoms with Gasteiger partial charge in [-0.3, -0.25) is 14.5 Å². The fourth-order valence-corrected chi connectivity index (χ4v) is 3.03. The van der Waals surface area contributed by atoms with Gasteiger partial charge < -0.3 is 4.90 Å². The highest BCUT2D eigenvalue weighted by molar-refractivity contribution is 7.92. The van der Waals surface area contributed by atoms with Gasteiger partial charge in [-0.05, 0) is 37.3 Å². The molecule has 1 amide bonds. The molecule has 8 heteroatoms. The molecule has 23 heavy (non-hydrogen) atoms. The summed E-state index contributed by atoms with van der Waals surface area (Å²) in [6.45, 7) is 1.76. The van der Waals surface area contributed by atoms with Crippen molar-refractivity contribution in [1.82, 2.24) is 9.88 Å². The summed E-state index contributed by atoms with van der Waals surface area (Å²) in [5, 5.41) is 0.319. The molecule has 0 aliphatic heterocycles. The Balaban J connectivity index is 2.44. The summed E-state index contributed by atoms with van der Waals surface area (Å²) in [4.78, 5) is 17.5. The Morgan fingerprint density at radius 3 is 2.48 bits per heavy atom. The molecule has 2 aromatic rings. The van der Waals surface area contributed by atoms with Crippen molar-refractivity contribution in [2.24, 2.45) is 0 Å². The maximum absolute atomic E-state index is 12.4. The molecule has 0 aliphatic carbocycles. The minimum absolute atomic E-state index is 0.00586. The molecule has 122 valence electrons. The Kier molecular flexibility index (Phi) is 4.91. The van der Waals surface area contributed by atoms with E-state index < -0.39 is 10.0 Å². The Hall–Kier alpha value is -2.12. The van der Waals surface area contributed by atoms with E-state index in [-0.39, 0.29) is 22.1 Å². The number of hydrogen-bond acceptors (Lipinski definition) is 4. The topological polar surface area (TPSA) is 79.4 Å². The van der Waals surface area contributed by atoms with Crippen LogP contribution in [0.25, 0.3) is 0 Å². The molecule has 0 bridgehead atoms. The molecule has 6 nitrogen and oxygen atoms in total. The average Bonchev–Trinajstić information content (AvgIpc) is 2.46.